The molecule has 0 radical (unpaired) electrons. The number of aliphatic hydroxyl groups excluding tert-OH is 1. The Kier molecular flexibility index (Phi) is 5.33. The fourth-order valence-electron chi connectivity index (χ4n) is 3.11. The van der Waals surface area contributed by atoms with Gasteiger partial charge in [0.25, 0.3) is 0 Å². The number of benzene rings is 1. The van der Waals surface area contributed by atoms with Crippen molar-refractivity contribution in [2.75, 3.05) is 32.8 Å². The van der Waals surface area contributed by atoms with Crippen molar-refractivity contribution in [1.82, 2.24) is 10.2 Å². The number of alkyl halides is 3. The van der Waals surface area contributed by atoms with E-state index in [0.29, 0.717) is 18.7 Å². The Bertz CT molecular complexity index is 539. The van der Waals surface area contributed by atoms with Crippen LogP contribution in [0.5, 0.6) is 0 Å². The molecule has 0 unspecified atom stereocenters. The van der Waals surface area contributed by atoms with E-state index < -0.39 is 23.0 Å². The first kappa shape index (κ1) is 18.2. The van der Waals surface area contributed by atoms with Crippen LogP contribution in [0.1, 0.15) is 31.0 Å². The molecule has 2 N–H and O–H groups in total. The Morgan fingerprint density at radius 3 is 2.30 bits per heavy atom. The van der Waals surface area contributed by atoms with Crippen LogP contribution >= 0.6 is 0 Å². The van der Waals surface area contributed by atoms with Gasteiger partial charge in [-0.25, -0.2) is 4.39 Å². The Balaban J connectivity index is 2.41. The number of nitrogens with zero attached hydrogens (tertiary/aromatic N) is 1. The van der Waals surface area contributed by atoms with Crippen molar-refractivity contribution in [2.24, 2.45) is 5.41 Å². The summed E-state index contributed by atoms with van der Waals surface area (Å²) in [5, 5.41) is 12.9. The highest BCUT2D eigenvalue weighted by molar-refractivity contribution is 5.30. The van der Waals surface area contributed by atoms with Gasteiger partial charge in [-0.05, 0) is 17.7 Å². The average molecular weight is 334 g/mol. The van der Waals surface area contributed by atoms with Crippen LogP contribution in [0, 0.1) is 11.2 Å². The van der Waals surface area contributed by atoms with Crippen LogP contribution in [-0.2, 0) is 6.18 Å². The summed E-state index contributed by atoms with van der Waals surface area (Å²) in [6, 6.07) is 2.70. The number of rotatable bonds is 4. The monoisotopic (exact) mass is 334 g/mol. The smallest absolute Gasteiger partial charge is 0.396 e. The van der Waals surface area contributed by atoms with Crippen molar-refractivity contribution in [3.05, 3.63) is 35.1 Å². The predicted molar refractivity (Wildman–Crippen MR) is 79.5 cm³/mol. The lowest BCUT2D eigenvalue weighted by Crippen LogP contribution is -2.49. The van der Waals surface area contributed by atoms with E-state index in [4.69, 9.17) is 0 Å². The molecular formula is C16H22F4N2O. The zero-order valence-electron chi connectivity index (χ0n) is 13.3. The van der Waals surface area contributed by atoms with Crippen molar-refractivity contribution in [1.29, 1.82) is 0 Å². The van der Waals surface area contributed by atoms with Gasteiger partial charge in [-0.2, -0.15) is 13.2 Å². The van der Waals surface area contributed by atoms with E-state index >= 15 is 0 Å². The maximum absolute atomic E-state index is 14.0. The summed E-state index contributed by atoms with van der Waals surface area (Å²) < 4.78 is 52.2. The third-order valence-electron chi connectivity index (χ3n) is 4.28. The molecule has 23 heavy (non-hydrogen) atoms. The Hall–Kier alpha value is -1.18. The van der Waals surface area contributed by atoms with Crippen LogP contribution in [0.2, 0.25) is 0 Å². The summed E-state index contributed by atoms with van der Waals surface area (Å²) in [5.41, 5.74) is -1.41. The van der Waals surface area contributed by atoms with Crippen LogP contribution < -0.4 is 5.32 Å². The minimum absolute atomic E-state index is 0.149. The Morgan fingerprint density at radius 1 is 1.22 bits per heavy atom. The molecule has 130 valence electrons. The minimum atomic E-state index is -4.71. The molecule has 3 nitrogen and oxygen atoms in total. The van der Waals surface area contributed by atoms with Gasteiger partial charge in [-0.15, -0.1) is 0 Å². The topological polar surface area (TPSA) is 35.5 Å². The number of nitrogens with one attached hydrogen (secondary N) is 1. The third kappa shape index (κ3) is 4.02. The molecule has 1 atom stereocenters. The highest BCUT2D eigenvalue weighted by Crippen LogP contribution is 2.40. The van der Waals surface area contributed by atoms with Crippen LogP contribution in [0.15, 0.2) is 18.2 Å². The van der Waals surface area contributed by atoms with E-state index in [1.807, 2.05) is 13.8 Å². The van der Waals surface area contributed by atoms with Gasteiger partial charge in [0.2, 0.25) is 0 Å². The molecule has 1 fully saturated rings. The van der Waals surface area contributed by atoms with Crippen molar-refractivity contribution in [2.45, 2.75) is 26.1 Å². The maximum atomic E-state index is 14.0. The predicted octanol–water partition coefficient (Wildman–Crippen LogP) is 2.81. The number of piperazine rings is 1. The summed E-state index contributed by atoms with van der Waals surface area (Å²) >= 11 is 0. The lowest BCUT2D eigenvalue weighted by molar-refractivity contribution is -0.140. The van der Waals surface area contributed by atoms with Gasteiger partial charge in [-0.1, -0.05) is 19.9 Å². The molecule has 1 saturated heterocycles. The van der Waals surface area contributed by atoms with Gasteiger partial charge < -0.3 is 10.4 Å². The summed E-state index contributed by atoms with van der Waals surface area (Å²) in [4.78, 5) is 2.08. The van der Waals surface area contributed by atoms with Gasteiger partial charge in [0, 0.05) is 44.2 Å². The summed E-state index contributed by atoms with van der Waals surface area (Å²) in [5.74, 6) is -1.27. The molecule has 1 aliphatic heterocycles. The fraction of sp³-hybridized carbons (Fsp3) is 0.625. The van der Waals surface area contributed by atoms with Crippen LogP contribution in [0.4, 0.5) is 17.6 Å². The van der Waals surface area contributed by atoms with Crippen molar-refractivity contribution in [3.8, 4) is 0 Å². The minimum Gasteiger partial charge on any atom is -0.396 e. The largest absolute Gasteiger partial charge is 0.419 e. The zero-order chi connectivity index (χ0) is 17.3. The standard InChI is InChI=1S/C16H22F4N2O/c1-15(2,10-23)14(22-7-5-21-6-8-22)11-3-4-12(13(17)9-11)16(18,19)20/h3-4,9,14,21,23H,5-8,10H2,1-2H3/t14-/m0/s1. The van der Waals surface area contributed by atoms with Crippen LogP contribution in [-0.4, -0.2) is 42.8 Å². The quantitative estimate of drug-likeness (QED) is 0.831. The van der Waals surface area contributed by atoms with E-state index in [1.54, 1.807) is 0 Å². The van der Waals surface area contributed by atoms with Crippen molar-refractivity contribution in [3.63, 3.8) is 0 Å². The van der Waals surface area contributed by atoms with Gasteiger partial charge >= 0.3 is 6.18 Å². The molecule has 0 spiro atoms. The lowest BCUT2D eigenvalue weighted by Gasteiger charge is -2.43. The SMILES string of the molecule is CC(C)(CO)[C@H](c1ccc(C(F)(F)F)c(F)c1)N1CCNCC1. The van der Waals surface area contributed by atoms with E-state index in [9.17, 15) is 22.7 Å². The average Bonchev–Trinajstić information content (AvgIpc) is 2.47. The molecule has 0 saturated carbocycles. The molecule has 1 aliphatic rings. The molecule has 1 aromatic carbocycles. The van der Waals surface area contributed by atoms with Gasteiger partial charge in [0.05, 0.1) is 5.56 Å². The fourth-order valence-corrected chi connectivity index (χ4v) is 3.11. The van der Waals surface area contributed by atoms with E-state index in [-0.39, 0.29) is 12.6 Å². The van der Waals surface area contributed by atoms with Crippen LogP contribution in [0.25, 0.3) is 0 Å². The summed E-state index contributed by atoms with van der Waals surface area (Å²) in [6.07, 6.45) is -4.71. The third-order valence-corrected chi connectivity index (χ3v) is 4.28. The highest BCUT2D eigenvalue weighted by Gasteiger charge is 2.38. The van der Waals surface area contributed by atoms with E-state index in [1.165, 1.54) is 6.07 Å². The van der Waals surface area contributed by atoms with Crippen LogP contribution in [0.3, 0.4) is 0 Å². The first-order valence-electron chi connectivity index (χ1n) is 7.59. The molecule has 2 rings (SSSR count). The zero-order valence-corrected chi connectivity index (χ0v) is 13.3. The van der Waals surface area contributed by atoms with Gasteiger partial charge in [0.1, 0.15) is 5.82 Å². The summed E-state index contributed by atoms with van der Waals surface area (Å²) in [6.45, 7) is 6.39. The second-order valence-electron chi connectivity index (χ2n) is 6.57. The maximum Gasteiger partial charge on any atom is 0.419 e. The second kappa shape index (κ2) is 6.75. The van der Waals surface area contributed by atoms with Gasteiger partial charge in [-0.3, -0.25) is 4.90 Å². The second-order valence-corrected chi connectivity index (χ2v) is 6.57. The first-order valence-corrected chi connectivity index (χ1v) is 7.59. The first-order chi connectivity index (χ1) is 10.7. The number of hydrogen-bond acceptors (Lipinski definition) is 3. The molecule has 0 amide bonds. The van der Waals surface area contributed by atoms with Gasteiger partial charge in [0.15, 0.2) is 0 Å². The number of hydrogen-bond donors (Lipinski definition) is 2. The molecule has 7 heteroatoms. The van der Waals surface area contributed by atoms with E-state index in [0.717, 1.165) is 25.2 Å². The normalized spacial score (nSPS) is 18.9. The number of aliphatic hydroxyl groups is 1. The van der Waals surface area contributed by atoms with Crippen molar-refractivity contribution < 1.29 is 22.7 Å². The highest BCUT2D eigenvalue weighted by atomic mass is 19.4. The van der Waals surface area contributed by atoms with Crippen molar-refractivity contribution >= 4 is 0 Å². The molecule has 1 heterocycles. The molecule has 0 bridgehead atoms. The Morgan fingerprint density at radius 2 is 1.83 bits per heavy atom. The van der Waals surface area contributed by atoms with E-state index in [2.05, 4.69) is 10.2 Å². The molecule has 0 aromatic heterocycles. The Labute approximate surface area is 133 Å². The summed E-state index contributed by atoms with van der Waals surface area (Å²) in [7, 11) is 0. The molecular weight excluding hydrogens is 312 g/mol. The molecule has 1 aromatic rings. The lowest BCUT2D eigenvalue weighted by atomic mass is 9.79. The molecule has 0 aliphatic carbocycles. The number of halogens is 4.